The van der Waals surface area contributed by atoms with E-state index < -0.39 is 0 Å². The van der Waals surface area contributed by atoms with Crippen molar-refractivity contribution in [3.63, 3.8) is 0 Å². The van der Waals surface area contributed by atoms with Crippen LogP contribution < -0.4 is 5.32 Å². The van der Waals surface area contributed by atoms with Crippen molar-refractivity contribution < 1.29 is 14.0 Å². The number of H-pyrrole nitrogens is 1. The van der Waals surface area contributed by atoms with Gasteiger partial charge in [-0.3, -0.25) is 19.3 Å². The van der Waals surface area contributed by atoms with Crippen molar-refractivity contribution in [2.24, 2.45) is 5.92 Å². The monoisotopic (exact) mass is 439 g/mol. The molecule has 0 radical (unpaired) electrons. The van der Waals surface area contributed by atoms with Gasteiger partial charge in [-0.05, 0) is 44.1 Å². The minimum Gasteiger partial charge on any atom is -0.467 e. The van der Waals surface area contributed by atoms with E-state index in [2.05, 4.69) is 15.5 Å². The fourth-order valence-corrected chi connectivity index (χ4v) is 3.94. The summed E-state index contributed by atoms with van der Waals surface area (Å²) >= 11 is 5.35. The highest BCUT2D eigenvalue weighted by molar-refractivity contribution is 7.71. The van der Waals surface area contributed by atoms with Crippen LogP contribution >= 0.6 is 12.2 Å². The van der Waals surface area contributed by atoms with Gasteiger partial charge in [-0.2, -0.15) is 5.10 Å². The van der Waals surface area contributed by atoms with Crippen LogP contribution in [0.3, 0.4) is 0 Å². The van der Waals surface area contributed by atoms with E-state index in [9.17, 15) is 9.59 Å². The Labute approximate surface area is 185 Å². The molecule has 162 valence electrons. The van der Waals surface area contributed by atoms with E-state index in [1.165, 1.54) is 0 Å². The summed E-state index contributed by atoms with van der Waals surface area (Å²) in [6, 6.07) is 11.6. The summed E-state index contributed by atoms with van der Waals surface area (Å²) in [7, 11) is 0. The van der Waals surface area contributed by atoms with E-state index in [-0.39, 0.29) is 24.3 Å². The molecule has 0 unspecified atom stereocenters. The number of likely N-dealkylation sites (tertiary alicyclic amines) is 1. The Bertz CT molecular complexity index is 1090. The third-order valence-corrected chi connectivity index (χ3v) is 5.91. The Morgan fingerprint density at radius 3 is 2.65 bits per heavy atom. The highest BCUT2D eigenvalue weighted by Crippen LogP contribution is 2.21. The maximum atomic E-state index is 12.9. The van der Waals surface area contributed by atoms with Gasteiger partial charge in [0.15, 0.2) is 10.6 Å². The number of benzene rings is 1. The fraction of sp³-hybridized carbons (Fsp3) is 0.364. The highest BCUT2D eigenvalue weighted by Gasteiger charge is 2.28. The van der Waals surface area contributed by atoms with Gasteiger partial charge >= 0.3 is 0 Å². The lowest BCUT2D eigenvalue weighted by molar-refractivity contribution is -0.136. The van der Waals surface area contributed by atoms with Gasteiger partial charge in [-0.1, -0.05) is 29.8 Å². The Morgan fingerprint density at radius 1 is 1.23 bits per heavy atom. The zero-order valence-corrected chi connectivity index (χ0v) is 18.2. The number of rotatable bonds is 6. The van der Waals surface area contributed by atoms with E-state index >= 15 is 0 Å². The lowest BCUT2D eigenvalue weighted by atomic mass is 9.96. The first-order valence-corrected chi connectivity index (χ1v) is 10.7. The molecule has 1 aliphatic rings. The molecule has 31 heavy (non-hydrogen) atoms. The van der Waals surface area contributed by atoms with Gasteiger partial charge in [0.05, 0.1) is 12.8 Å². The van der Waals surface area contributed by atoms with Gasteiger partial charge in [-0.25, -0.2) is 0 Å². The zero-order chi connectivity index (χ0) is 21.8. The molecule has 2 aromatic heterocycles. The number of furan rings is 1. The van der Waals surface area contributed by atoms with Gasteiger partial charge in [0.25, 0.3) is 0 Å². The first-order chi connectivity index (χ1) is 15.0. The van der Waals surface area contributed by atoms with Crippen LogP contribution in [-0.2, 0) is 22.7 Å². The third kappa shape index (κ3) is 4.93. The fourth-order valence-electron chi connectivity index (χ4n) is 3.75. The van der Waals surface area contributed by atoms with Gasteiger partial charge in [0.1, 0.15) is 12.3 Å². The van der Waals surface area contributed by atoms with Crippen LogP contribution in [-0.4, -0.2) is 44.6 Å². The highest BCUT2D eigenvalue weighted by atomic mass is 32.1. The number of carbonyl (C=O) groups is 2. The number of nitrogens with one attached hydrogen (secondary N) is 2. The lowest BCUT2D eigenvalue weighted by Crippen LogP contribution is -2.44. The third-order valence-electron chi connectivity index (χ3n) is 5.60. The standard InChI is InChI=1S/C22H25N5O3S/c1-15-4-6-16(7-5-15)20-24-25-22(31)27(20)14-19(28)26-10-8-17(9-11-26)21(29)23-13-18-3-2-12-30-18/h2-7,12,17H,8-11,13-14H2,1H3,(H,23,29)(H,25,31). The predicted octanol–water partition coefficient (Wildman–Crippen LogP) is 3.06. The predicted molar refractivity (Wildman–Crippen MR) is 117 cm³/mol. The number of aryl methyl sites for hydroxylation is 1. The van der Waals surface area contributed by atoms with Gasteiger partial charge < -0.3 is 14.6 Å². The number of hydrogen-bond donors (Lipinski definition) is 2. The van der Waals surface area contributed by atoms with Crippen LogP contribution in [0.1, 0.15) is 24.2 Å². The summed E-state index contributed by atoms with van der Waals surface area (Å²) in [4.78, 5) is 27.1. The maximum Gasteiger partial charge on any atom is 0.242 e. The van der Waals surface area contributed by atoms with Crippen LogP contribution in [0.15, 0.2) is 47.1 Å². The van der Waals surface area contributed by atoms with Crippen molar-refractivity contribution in [2.45, 2.75) is 32.9 Å². The largest absolute Gasteiger partial charge is 0.467 e. The van der Waals surface area contributed by atoms with Gasteiger partial charge in [0, 0.05) is 24.6 Å². The van der Waals surface area contributed by atoms with E-state index in [0.717, 1.165) is 16.9 Å². The molecule has 9 heteroatoms. The number of piperidine rings is 1. The quantitative estimate of drug-likeness (QED) is 0.576. The molecule has 1 saturated heterocycles. The van der Waals surface area contributed by atoms with Crippen LogP contribution in [0.25, 0.3) is 11.4 Å². The number of hydrogen-bond acceptors (Lipinski definition) is 5. The Morgan fingerprint density at radius 2 is 1.97 bits per heavy atom. The minimum absolute atomic E-state index is 0.00205. The molecule has 0 aliphatic carbocycles. The maximum absolute atomic E-state index is 12.9. The van der Waals surface area contributed by atoms with Crippen molar-refractivity contribution in [1.29, 1.82) is 0 Å². The normalized spacial score (nSPS) is 14.5. The molecule has 3 aromatic rings. The summed E-state index contributed by atoms with van der Waals surface area (Å²) in [6.07, 6.45) is 2.86. The smallest absolute Gasteiger partial charge is 0.242 e. The molecule has 2 N–H and O–H groups in total. The van der Waals surface area contributed by atoms with E-state index in [1.54, 1.807) is 21.8 Å². The summed E-state index contributed by atoms with van der Waals surface area (Å²) in [5.41, 5.74) is 2.05. The van der Waals surface area contributed by atoms with Crippen molar-refractivity contribution in [3.8, 4) is 11.4 Å². The molecule has 0 bridgehead atoms. The van der Waals surface area contributed by atoms with Crippen molar-refractivity contribution in [2.75, 3.05) is 13.1 Å². The number of aromatic amines is 1. The zero-order valence-electron chi connectivity index (χ0n) is 17.3. The Balaban J connectivity index is 1.33. The molecular formula is C22H25N5O3S. The van der Waals surface area contributed by atoms with Crippen LogP contribution in [0.4, 0.5) is 0 Å². The number of aromatic nitrogens is 3. The average molecular weight is 440 g/mol. The Kier molecular flexibility index (Phi) is 6.31. The molecule has 0 atom stereocenters. The molecule has 2 amide bonds. The second-order valence-electron chi connectivity index (χ2n) is 7.76. The average Bonchev–Trinajstić information content (AvgIpc) is 3.43. The lowest BCUT2D eigenvalue weighted by Gasteiger charge is -2.31. The molecule has 4 rings (SSSR count). The van der Waals surface area contributed by atoms with Crippen molar-refractivity contribution in [3.05, 3.63) is 58.8 Å². The second kappa shape index (κ2) is 9.30. The molecule has 8 nitrogen and oxygen atoms in total. The summed E-state index contributed by atoms with van der Waals surface area (Å²) in [5, 5.41) is 10.0. The SMILES string of the molecule is Cc1ccc(-c2n[nH]c(=S)n2CC(=O)N2CCC(C(=O)NCc3ccco3)CC2)cc1. The number of nitrogens with zero attached hydrogens (tertiary/aromatic N) is 3. The van der Waals surface area contributed by atoms with E-state index in [1.807, 2.05) is 37.3 Å². The number of amides is 2. The van der Waals surface area contributed by atoms with Crippen LogP contribution in [0.2, 0.25) is 0 Å². The topological polar surface area (TPSA) is 96.2 Å². The van der Waals surface area contributed by atoms with Crippen molar-refractivity contribution >= 4 is 24.0 Å². The molecule has 1 aromatic carbocycles. The summed E-state index contributed by atoms with van der Waals surface area (Å²) < 4.78 is 7.38. The summed E-state index contributed by atoms with van der Waals surface area (Å²) in [5.74, 6) is 1.24. The van der Waals surface area contributed by atoms with Crippen LogP contribution in [0.5, 0.6) is 0 Å². The molecule has 0 spiro atoms. The minimum atomic E-state index is -0.0989. The van der Waals surface area contributed by atoms with E-state index in [4.69, 9.17) is 16.6 Å². The molecule has 1 fully saturated rings. The molecule has 0 saturated carbocycles. The van der Waals surface area contributed by atoms with E-state index in [0.29, 0.717) is 43.1 Å². The van der Waals surface area contributed by atoms with Crippen LogP contribution in [0, 0.1) is 17.6 Å². The van der Waals surface area contributed by atoms with Crippen molar-refractivity contribution in [1.82, 2.24) is 25.0 Å². The first kappa shape index (κ1) is 21.0. The molecule has 3 heterocycles. The van der Waals surface area contributed by atoms with Gasteiger partial charge in [-0.15, -0.1) is 0 Å². The first-order valence-electron chi connectivity index (χ1n) is 10.3. The second-order valence-corrected chi connectivity index (χ2v) is 8.14. The van der Waals surface area contributed by atoms with Gasteiger partial charge in [0.2, 0.25) is 11.8 Å². The molecule has 1 aliphatic heterocycles. The molecular weight excluding hydrogens is 414 g/mol. The Hall–Kier alpha value is -3.20. The summed E-state index contributed by atoms with van der Waals surface area (Å²) in [6.45, 7) is 3.61. The number of carbonyl (C=O) groups excluding carboxylic acids is 2.